The van der Waals surface area contributed by atoms with Gasteiger partial charge in [-0.2, -0.15) is 0 Å². The molecule has 152 valence electrons. The second kappa shape index (κ2) is 7.70. The Kier molecular flexibility index (Phi) is 5.27. The van der Waals surface area contributed by atoms with E-state index in [1.54, 1.807) is 0 Å². The first-order chi connectivity index (χ1) is 13.4. The molecule has 2 aliphatic rings. The Morgan fingerprint density at radius 2 is 1.96 bits per heavy atom. The van der Waals surface area contributed by atoms with Gasteiger partial charge in [0.25, 0.3) is 0 Å². The molecule has 0 spiro atoms. The fourth-order valence-electron chi connectivity index (χ4n) is 4.05. The summed E-state index contributed by atoms with van der Waals surface area (Å²) in [5, 5.41) is 0. The Balaban J connectivity index is 1.46. The monoisotopic (exact) mass is 385 g/mol. The third kappa shape index (κ3) is 4.29. The summed E-state index contributed by atoms with van der Waals surface area (Å²) in [5.41, 5.74) is 1.42. The Bertz CT molecular complexity index is 835. The van der Waals surface area contributed by atoms with Gasteiger partial charge in [-0.3, -0.25) is 4.79 Å². The Labute approximate surface area is 166 Å². The molecule has 1 N–H and O–H groups in total. The summed E-state index contributed by atoms with van der Waals surface area (Å²) in [4.78, 5) is 29.7. The molecule has 4 heterocycles. The first-order valence-corrected chi connectivity index (χ1v) is 10.4. The van der Waals surface area contributed by atoms with Gasteiger partial charge in [-0.05, 0) is 58.6 Å². The summed E-state index contributed by atoms with van der Waals surface area (Å²) in [6.07, 6.45) is 4.28. The molecule has 1 unspecified atom stereocenters. The van der Waals surface area contributed by atoms with Crippen LogP contribution in [0.2, 0.25) is 0 Å². The van der Waals surface area contributed by atoms with Crippen molar-refractivity contribution in [2.75, 3.05) is 31.1 Å². The van der Waals surface area contributed by atoms with E-state index in [9.17, 15) is 4.79 Å². The van der Waals surface area contributed by atoms with Crippen LogP contribution in [-0.4, -0.2) is 57.5 Å². The molecule has 7 heteroatoms. The molecular formula is C21H31N5O2. The number of amides is 1. The van der Waals surface area contributed by atoms with E-state index in [1.165, 1.54) is 0 Å². The average molecular weight is 386 g/mol. The van der Waals surface area contributed by atoms with Gasteiger partial charge in [0.1, 0.15) is 23.8 Å². The summed E-state index contributed by atoms with van der Waals surface area (Å²) < 4.78 is 5.81. The van der Waals surface area contributed by atoms with Crippen LogP contribution in [0, 0.1) is 5.92 Å². The van der Waals surface area contributed by atoms with Crippen LogP contribution < -0.4 is 4.90 Å². The number of fused-ring (bicyclic) bond motifs is 1. The maximum Gasteiger partial charge on any atom is 0.227 e. The first-order valence-electron chi connectivity index (χ1n) is 10.4. The fraction of sp³-hybridized carbons (Fsp3) is 0.667. The van der Waals surface area contributed by atoms with E-state index in [2.05, 4.69) is 14.9 Å². The van der Waals surface area contributed by atoms with Gasteiger partial charge < -0.3 is 19.5 Å². The molecule has 2 fully saturated rings. The molecule has 2 aromatic rings. The molecule has 0 bridgehead atoms. The predicted octanol–water partition coefficient (Wildman–Crippen LogP) is 3.11. The van der Waals surface area contributed by atoms with Gasteiger partial charge in [-0.15, -0.1) is 0 Å². The Hall–Kier alpha value is -2.15. The number of ether oxygens (including phenoxy) is 1. The number of likely N-dealkylation sites (tertiary alicyclic amines) is 1. The number of nitrogens with zero attached hydrogens (tertiary/aromatic N) is 4. The number of carbonyl (C=O) groups excluding carboxylic acids is 1. The number of pyridine rings is 1. The summed E-state index contributed by atoms with van der Waals surface area (Å²) in [5.74, 6) is 2.11. The molecule has 0 aromatic carbocycles. The highest BCUT2D eigenvalue weighted by Crippen LogP contribution is 2.26. The second-order valence-electron chi connectivity index (χ2n) is 8.94. The minimum Gasteiger partial charge on any atom is -0.368 e. The predicted molar refractivity (Wildman–Crippen MR) is 109 cm³/mol. The highest BCUT2D eigenvalue weighted by atomic mass is 16.5. The summed E-state index contributed by atoms with van der Waals surface area (Å²) >= 11 is 0. The van der Waals surface area contributed by atoms with Crippen molar-refractivity contribution in [3.63, 3.8) is 0 Å². The Morgan fingerprint density at radius 1 is 1.18 bits per heavy atom. The number of aromatic nitrogens is 3. The first kappa shape index (κ1) is 19.2. The van der Waals surface area contributed by atoms with Crippen molar-refractivity contribution < 1.29 is 9.53 Å². The number of H-pyrrole nitrogens is 1. The second-order valence-corrected chi connectivity index (χ2v) is 8.94. The highest BCUT2D eigenvalue weighted by Gasteiger charge is 2.31. The number of aromatic amines is 1. The van der Waals surface area contributed by atoms with Crippen molar-refractivity contribution in [1.82, 2.24) is 19.9 Å². The molecular weight excluding hydrogens is 354 g/mol. The lowest BCUT2D eigenvalue weighted by Crippen LogP contribution is -2.44. The van der Waals surface area contributed by atoms with Gasteiger partial charge in [0.15, 0.2) is 5.65 Å². The Morgan fingerprint density at radius 3 is 2.71 bits per heavy atom. The van der Waals surface area contributed by atoms with E-state index in [1.807, 2.05) is 37.8 Å². The van der Waals surface area contributed by atoms with Crippen LogP contribution in [0.3, 0.4) is 0 Å². The van der Waals surface area contributed by atoms with Crippen LogP contribution in [0.1, 0.15) is 52.3 Å². The van der Waals surface area contributed by atoms with Crippen LogP contribution in [0.5, 0.6) is 0 Å². The zero-order valence-electron chi connectivity index (χ0n) is 17.2. The number of anilines is 1. The SMILES string of the molecule is CC(C)(C)OCc1nc2ccc(N3CCCC(C(=O)N4CCCC4)C3)nc2[nH]1. The lowest BCUT2D eigenvalue weighted by molar-refractivity contribution is -0.134. The van der Waals surface area contributed by atoms with E-state index < -0.39 is 0 Å². The van der Waals surface area contributed by atoms with Crippen molar-refractivity contribution in [2.45, 2.75) is 58.7 Å². The highest BCUT2D eigenvalue weighted by molar-refractivity contribution is 5.80. The average Bonchev–Trinajstić information content (AvgIpc) is 3.34. The lowest BCUT2D eigenvalue weighted by Gasteiger charge is -2.34. The van der Waals surface area contributed by atoms with Gasteiger partial charge in [-0.25, -0.2) is 9.97 Å². The summed E-state index contributed by atoms with van der Waals surface area (Å²) in [7, 11) is 0. The largest absolute Gasteiger partial charge is 0.368 e. The fourth-order valence-corrected chi connectivity index (χ4v) is 4.05. The standard InChI is InChI=1S/C21H31N5O2/c1-21(2,3)28-14-17-22-16-8-9-18(24-19(16)23-17)26-12-6-7-15(13-26)20(27)25-10-4-5-11-25/h8-9,15H,4-7,10-14H2,1-3H3,(H,22,23,24). The molecule has 1 atom stereocenters. The van der Waals surface area contributed by atoms with Crippen LogP contribution in [0.4, 0.5) is 5.82 Å². The van der Waals surface area contributed by atoms with Gasteiger partial charge in [0.2, 0.25) is 5.91 Å². The molecule has 7 nitrogen and oxygen atoms in total. The number of imidazole rings is 1. The molecule has 2 aromatic heterocycles. The quantitative estimate of drug-likeness (QED) is 0.875. The zero-order chi connectivity index (χ0) is 19.7. The summed E-state index contributed by atoms with van der Waals surface area (Å²) in [6.45, 7) is 10.1. The minimum atomic E-state index is -0.206. The van der Waals surface area contributed by atoms with Crippen molar-refractivity contribution in [3.8, 4) is 0 Å². The number of hydrogen-bond acceptors (Lipinski definition) is 5. The van der Waals surface area contributed by atoms with E-state index in [-0.39, 0.29) is 11.5 Å². The van der Waals surface area contributed by atoms with Crippen LogP contribution >= 0.6 is 0 Å². The number of piperidine rings is 1. The number of nitrogens with one attached hydrogen (secondary N) is 1. The van der Waals surface area contributed by atoms with Crippen molar-refractivity contribution in [1.29, 1.82) is 0 Å². The minimum absolute atomic E-state index is 0.0851. The van der Waals surface area contributed by atoms with Crippen molar-refractivity contribution in [3.05, 3.63) is 18.0 Å². The molecule has 0 saturated carbocycles. The van der Waals surface area contributed by atoms with E-state index in [4.69, 9.17) is 9.72 Å². The molecule has 1 amide bonds. The number of rotatable bonds is 4. The molecule has 0 aliphatic carbocycles. The van der Waals surface area contributed by atoms with Crippen molar-refractivity contribution >= 4 is 22.9 Å². The van der Waals surface area contributed by atoms with Crippen LogP contribution in [0.15, 0.2) is 12.1 Å². The smallest absolute Gasteiger partial charge is 0.227 e. The maximum absolute atomic E-state index is 12.8. The van der Waals surface area contributed by atoms with Gasteiger partial charge in [0.05, 0.1) is 11.5 Å². The molecule has 2 saturated heterocycles. The van der Waals surface area contributed by atoms with Crippen molar-refractivity contribution in [2.24, 2.45) is 5.92 Å². The lowest BCUT2D eigenvalue weighted by atomic mass is 9.96. The number of carbonyl (C=O) groups is 1. The summed E-state index contributed by atoms with van der Waals surface area (Å²) in [6, 6.07) is 4.01. The third-order valence-electron chi connectivity index (χ3n) is 5.53. The molecule has 4 rings (SSSR count). The van der Waals surface area contributed by atoms with E-state index in [0.29, 0.717) is 12.5 Å². The normalized spacial score (nSPS) is 20.9. The van der Waals surface area contributed by atoms with Gasteiger partial charge in [-0.1, -0.05) is 0 Å². The zero-order valence-corrected chi connectivity index (χ0v) is 17.2. The van der Waals surface area contributed by atoms with Crippen LogP contribution in [0.25, 0.3) is 11.2 Å². The third-order valence-corrected chi connectivity index (χ3v) is 5.53. The maximum atomic E-state index is 12.8. The van der Waals surface area contributed by atoms with E-state index in [0.717, 1.165) is 74.7 Å². The van der Waals surface area contributed by atoms with E-state index >= 15 is 0 Å². The molecule has 2 aliphatic heterocycles. The molecule has 0 radical (unpaired) electrons. The molecule has 28 heavy (non-hydrogen) atoms. The van der Waals surface area contributed by atoms with Gasteiger partial charge in [0, 0.05) is 26.2 Å². The topological polar surface area (TPSA) is 74.3 Å². The number of hydrogen-bond donors (Lipinski definition) is 1. The van der Waals surface area contributed by atoms with Crippen LogP contribution in [-0.2, 0) is 16.1 Å². The van der Waals surface area contributed by atoms with Gasteiger partial charge >= 0.3 is 0 Å².